The molecule has 0 atom stereocenters. The molecule has 4 nitrogen and oxygen atoms in total. The van der Waals surface area contributed by atoms with Crippen molar-refractivity contribution in [1.29, 1.82) is 0 Å². The number of primary amides is 1. The highest BCUT2D eigenvalue weighted by atomic mass is 35.5. The number of benzene rings is 3. The molecule has 30 heavy (non-hydrogen) atoms. The number of anilines is 1. The first kappa shape index (κ1) is 20.7. The van der Waals surface area contributed by atoms with Gasteiger partial charge in [-0.05, 0) is 72.5 Å². The maximum absolute atomic E-state index is 13.1. The Morgan fingerprint density at radius 2 is 1.57 bits per heavy atom. The Hall–Kier alpha value is -2.53. The Labute approximate surface area is 189 Å². The molecule has 3 aromatic carbocycles. The predicted octanol–water partition coefficient (Wildman–Crippen LogP) is 6.01. The average Bonchev–Trinajstić information content (AvgIpc) is 2.74. The number of carbonyl (C=O) groups excluding carboxylic acids is 2. The zero-order valence-corrected chi connectivity index (χ0v) is 18.1. The van der Waals surface area contributed by atoms with Crippen LogP contribution in [0.2, 0.25) is 15.1 Å². The van der Waals surface area contributed by atoms with Gasteiger partial charge in [-0.25, -0.2) is 0 Å². The molecule has 4 rings (SSSR count). The number of amides is 2. The number of nitrogens with zero attached hydrogens (tertiary/aromatic N) is 1. The monoisotopic (exact) mass is 458 g/mol. The maximum Gasteiger partial charge on any atom is 0.258 e. The van der Waals surface area contributed by atoms with E-state index >= 15 is 0 Å². The molecule has 0 spiro atoms. The van der Waals surface area contributed by atoms with Crippen LogP contribution in [0.3, 0.4) is 0 Å². The number of hydrogen-bond donors (Lipinski definition) is 1. The fourth-order valence-corrected chi connectivity index (χ4v) is 4.19. The summed E-state index contributed by atoms with van der Waals surface area (Å²) < 4.78 is 0. The third-order valence-electron chi connectivity index (χ3n) is 5.17. The minimum absolute atomic E-state index is 0.129. The van der Waals surface area contributed by atoms with E-state index in [4.69, 9.17) is 40.5 Å². The minimum atomic E-state index is -0.510. The SMILES string of the molecule is NC(=O)c1ccc(Cl)c(-c2ccc3c(c2)CCCN3C(=O)c2ccc(Cl)c(Cl)c2)c1. The van der Waals surface area contributed by atoms with Crippen molar-refractivity contribution in [2.24, 2.45) is 5.73 Å². The third kappa shape index (κ3) is 3.91. The second kappa shape index (κ2) is 8.31. The summed E-state index contributed by atoms with van der Waals surface area (Å²) >= 11 is 18.4. The molecule has 2 N–H and O–H groups in total. The lowest BCUT2D eigenvalue weighted by atomic mass is 9.95. The van der Waals surface area contributed by atoms with E-state index in [1.807, 2.05) is 18.2 Å². The molecule has 2 amide bonds. The molecule has 1 aliphatic heterocycles. The van der Waals surface area contributed by atoms with Crippen molar-refractivity contribution in [2.45, 2.75) is 12.8 Å². The number of carbonyl (C=O) groups is 2. The molecule has 0 aromatic heterocycles. The second-order valence-corrected chi connectivity index (χ2v) is 8.31. The number of hydrogen-bond acceptors (Lipinski definition) is 2. The number of nitrogens with two attached hydrogens (primary N) is 1. The van der Waals surface area contributed by atoms with E-state index in [2.05, 4.69) is 0 Å². The number of rotatable bonds is 3. The Morgan fingerprint density at radius 3 is 2.30 bits per heavy atom. The molecule has 0 aliphatic carbocycles. The average molecular weight is 460 g/mol. The Morgan fingerprint density at radius 1 is 0.833 bits per heavy atom. The highest BCUT2D eigenvalue weighted by Gasteiger charge is 2.24. The molecule has 0 fully saturated rings. The van der Waals surface area contributed by atoms with E-state index in [0.29, 0.717) is 32.7 Å². The maximum atomic E-state index is 13.1. The van der Waals surface area contributed by atoms with Gasteiger partial charge in [-0.15, -0.1) is 0 Å². The van der Waals surface area contributed by atoms with Gasteiger partial charge in [0.15, 0.2) is 0 Å². The van der Waals surface area contributed by atoms with Crippen molar-refractivity contribution >= 4 is 52.3 Å². The van der Waals surface area contributed by atoms with Crippen LogP contribution in [0.1, 0.15) is 32.7 Å². The molecule has 7 heteroatoms. The van der Waals surface area contributed by atoms with Crippen molar-refractivity contribution in [3.63, 3.8) is 0 Å². The molecule has 1 heterocycles. The van der Waals surface area contributed by atoms with Crippen LogP contribution in [0.5, 0.6) is 0 Å². The lowest BCUT2D eigenvalue weighted by molar-refractivity contribution is 0.0981. The van der Waals surface area contributed by atoms with Gasteiger partial charge in [0, 0.05) is 33.9 Å². The minimum Gasteiger partial charge on any atom is -0.366 e. The molecule has 1 aliphatic rings. The van der Waals surface area contributed by atoms with Gasteiger partial charge in [-0.3, -0.25) is 9.59 Å². The van der Waals surface area contributed by atoms with Gasteiger partial charge in [0.05, 0.1) is 10.0 Å². The van der Waals surface area contributed by atoms with Crippen LogP contribution in [0.15, 0.2) is 54.6 Å². The van der Waals surface area contributed by atoms with Crippen LogP contribution < -0.4 is 10.6 Å². The van der Waals surface area contributed by atoms with Crippen molar-refractivity contribution in [3.05, 3.63) is 86.4 Å². The highest BCUT2D eigenvalue weighted by Crippen LogP contribution is 2.36. The topological polar surface area (TPSA) is 63.4 Å². The van der Waals surface area contributed by atoms with Crippen LogP contribution in [-0.2, 0) is 6.42 Å². The number of fused-ring (bicyclic) bond motifs is 1. The van der Waals surface area contributed by atoms with Crippen LogP contribution in [0.25, 0.3) is 11.1 Å². The summed E-state index contributed by atoms with van der Waals surface area (Å²) in [5.41, 5.74) is 9.76. The normalized spacial score (nSPS) is 13.1. The van der Waals surface area contributed by atoms with Gasteiger partial charge in [0.2, 0.25) is 5.91 Å². The molecular weight excluding hydrogens is 443 g/mol. The van der Waals surface area contributed by atoms with Gasteiger partial charge in [0.1, 0.15) is 0 Å². The lowest BCUT2D eigenvalue weighted by Gasteiger charge is -2.30. The van der Waals surface area contributed by atoms with Gasteiger partial charge < -0.3 is 10.6 Å². The summed E-state index contributed by atoms with van der Waals surface area (Å²) in [5, 5.41) is 1.28. The molecular formula is C23H17Cl3N2O2. The molecule has 0 radical (unpaired) electrons. The van der Waals surface area contributed by atoms with Crippen LogP contribution in [0, 0.1) is 0 Å². The van der Waals surface area contributed by atoms with Crippen LogP contribution >= 0.6 is 34.8 Å². The van der Waals surface area contributed by atoms with E-state index in [1.54, 1.807) is 41.3 Å². The first-order valence-electron chi connectivity index (χ1n) is 9.34. The first-order chi connectivity index (χ1) is 14.3. The number of halogens is 3. The van der Waals surface area contributed by atoms with E-state index in [0.717, 1.165) is 35.2 Å². The summed E-state index contributed by atoms with van der Waals surface area (Å²) in [5.74, 6) is -0.639. The molecule has 0 saturated carbocycles. The molecule has 0 unspecified atom stereocenters. The lowest BCUT2D eigenvalue weighted by Crippen LogP contribution is -2.35. The van der Waals surface area contributed by atoms with E-state index in [9.17, 15) is 9.59 Å². The smallest absolute Gasteiger partial charge is 0.258 e. The van der Waals surface area contributed by atoms with Crippen LogP contribution in [0.4, 0.5) is 5.69 Å². The fourth-order valence-electron chi connectivity index (χ4n) is 3.66. The van der Waals surface area contributed by atoms with E-state index in [1.165, 1.54) is 0 Å². The summed E-state index contributed by atoms with van der Waals surface area (Å²) in [4.78, 5) is 26.4. The Bertz CT molecular complexity index is 1180. The standard InChI is InChI=1S/C23H17Cl3N2O2/c24-18-6-3-15(22(27)29)11-17(18)13-5-8-21-14(10-13)2-1-9-28(21)23(30)16-4-7-19(25)20(26)12-16/h3-8,10-12H,1-2,9H2,(H2,27,29). The summed E-state index contributed by atoms with van der Waals surface area (Å²) in [7, 11) is 0. The van der Waals surface area contributed by atoms with Crippen molar-refractivity contribution < 1.29 is 9.59 Å². The summed E-state index contributed by atoms with van der Waals surface area (Å²) in [6.45, 7) is 0.614. The van der Waals surface area contributed by atoms with E-state index < -0.39 is 5.91 Å². The van der Waals surface area contributed by atoms with Gasteiger partial charge >= 0.3 is 0 Å². The summed E-state index contributed by atoms with van der Waals surface area (Å²) in [6.07, 6.45) is 1.67. The zero-order valence-electron chi connectivity index (χ0n) is 15.8. The predicted molar refractivity (Wildman–Crippen MR) is 122 cm³/mol. The van der Waals surface area contributed by atoms with Crippen molar-refractivity contribution in [3.8, 4) is 11.1 Å². The molecule has 0 saturated heterocycles. The molecule has 3 aromatic rings. The molecule has 0 bridgehead atoms. The third-order valence-corrected chi connectivity index (χ3v) is 6.24. The van der Waals surface area contributed by atoms with Gasteiger partial charge in [-0.2, -0.15) is 0 Å². The highest BCUT2D eigenvalue weighted by molar-refractivity contribution is 6.42. The fraction of sp³-hybridized carbons (Fsp3) is 0.130. The van der Waals surface area contributed by atoms with Gasteiger partial charge in [-0.1, -0.05) is 40.9 Å². The van der Waals surface area contributed by atoms with Crippen LogP contribution in [-0.4, -0.2) is 18.4 Å². The van der Waals surface area contributed by atoms with Gasteiger partial charge in [0.25, 0.3) is 5.91 Å². The Kier molecular flexibility index (Phi) is 5.74. The van der Waals surface area contributed by atoms with Crippen molar-refractivity contribution in [1.82, 2.24) is 0 Å². The first-order valence-corrected chi connectivity index (χ1v) is 10.5. The second-order valence-electron chi connectivity index (χ2n) is 7.09. The molecule has 152 valence electrons. The number of aryl methyl sites for hydroxylation is 1. The largest absolute Gasteiger partial charge is 0.366 e. The van der Waals surface area contributed by atoms with Crippen molar-refractivity contribution in [2.75, 3.05) is 11.4 Å². The quantitative estimate of drug-likeness (QED) is 0.521. The Balaban J connectivity index is 1.71. The van der Waals surface area contributed by atoms with E-state index in [-0.39, 0.29) is 5.91 Å². The summed E-state index contributed by atoms with van der Waals surface area (Å²) in [6, 6.07) is 15.7. The zero-order chi connectivity index (χ0) is 21.4.